The summed E-state index contributed by atoms with van der Waals surface area (Å²) < 4.78 is 164. The second kappa shape index (κ2) is 6.98. The summed E-state index contributed by atoms with van der Waals surface area (Å²) in [6.07, 6.45) is -10.3. The molecule has 0 aromatic carbocycles. The molecule has 0 rings (SSSR count). The monoisotopic (exact) mass is 486 g/mol. The number of alkyl halides is 14. The van der Waals surface area contributed by atoms with Crippen LogP contribution in [0.2, 0.25) is 0 Å². The van der Waals surface area contributed by atoms with Crippen LogP contribution in [0.1, 0.15) is 0 Å². The number of rotatable bonds is 8. The molecule has 15 heteroatoms. The summed E-state index contributed by atoms with van der Waals surface area (Å²) in [6, 6.07) is 0. The Morgan fingerprint density at radius 3 is 0.826 bits per heavy atom. The van der Waals surface area contributed by atoms with Crippen LogP contribution in [-0.4, -0.2) is 66.1 Å². The third-order valence-electron chi connectivity index (χ3n) is 2.37. The van der Waals surface area contributed by atoms with Crippen molar-refractivity contribution in [3.05, 3.63) is 0 Å². The molecule has 138 valence electrons. The van der Waals surface area contributed by atoms with E-state index in [-0.39, 0.29) is 0 Å². The van der Waals surface area contributed by atoms with E-state index in [1.54, 1.807) is 0 Å². The molecular weight excluding hydrogens is 481 g/mol. The summed E-state index contributed by atoms with van der Waals surface area (Å²) in [5.41, 5.74) is 0. The molecule has 23 heavy (non-hydrogen) atoms. The first-order chi connectivity index (χ1) is 9.94. The van der Waals surface area contributed by atoms with E-state index in [0.29, 0.717) is 0 Å². The van der Waals surface area contributed by atoms with Gasteiger partial charge in [-0.25, -0.2) is 0 Å². The molecule has 0 saturated heterocycles. The van der Waals surface area contributed by atoms with Gasteiger partial charge in [-0.15, -0.1) is 0 Å². The van der Waals surface area contributed by atoms with Gasteiger partial charge < -0.3 is 0 Å². The van der Waals surface area contributed by atoms with Crippen LogP contribution in [0.25, 0.3) is 0 Å². The Balaban J connectivity index is 5.35. The van der Waals surface area contributed by atoms with E-state index in [4.69, 9.17) is 0 Å². The van der Waals surface area contributed by atoms with Crippen molar-refractivity contribution in [2.24, 2.45) is 0 Å². The van der Waals surface area contributed by atoms with Crippen LogP contribution >= 0.6 is 0 Å². The van der Waals surface area contributed by atoms with Crippen molar-refractivity contribution in [3.8, 4) is 0 Å². The van der Waals surface area contributed by atoms with Gasteiger partial charge in [0.1, 0.15) is 0 Å². The first-order valence-corrected chi connectivity index (χ1v) is 8.35. The van der Waals surface area contributed by atoms with Crippen molar-refractivity contribution in [2.45, 2.75) is 44.9 Å². The maximum absolute atomic E-state index is 12.9. The molecule has 0 aliphatic heterocycles. The summed E-state index contributed by atoms with van der Waals surface area (Å²) in [7, 11) is 0. The van der Waals surface area contributed by atoms with Crippen LogP contribution < -0.4 is 0 Å². The molecule has 2 atom stereocenters. The molecule has 0 spiro atoms. The van der Waals surface area contributed by atoms with Crippen LogP contribution in [-0.2, 0) is 0 Å². The first kappa shape index (κ1) is 22.8. The fourth-order valence-corrected chi connectivity index (χ4v) is 3.99. The Kier molecular flexibility index (Phi) is 6.92. The summed E-state index contributed by atoms with van der Waals surface area (Å²) in [5.74, 6) is -25.5. The molecule has 0 amide bonds. The standard InChI is InChI=1S/2C4H2F7.Sn/c2*5-1-3(8,9)4(10,11)2(6)7;/h2*1-2H;. The Hall–Kier alpha value is -0.181. The van der Waals surface area contributed by atoms with Crippen LogP contribution in [0.4, 0.5) is 61.5 Å². The molecular formula is C8H4F14Sn. The molecule has 0 saturated carbocycles. The zero-order chi connectivity index (χ0) is 19.0. The van der Waals surface area contributed by atoms with E-state index in [1.807, 2.05) is 0 Å². The van der Waals surface area contributed by atoms with Crippen molar-refractivity contribution < 1.29 is 61.5 Å². The molecule has 2 unspecified atom stereocenters. The van der Waals surface area contributed by atoms with Crippen molar-refractivity contribution >= 4 is 21.1 Å². The Morgan fingerprint density at radius 1 is 0.435 bits per heavy atom. The van der Waals surface area contributed by atoms with Crippen LogP contribution in [0.5, 0.6) is 0 Å². The third-order valence-corrected chi connectivity index (χ3v) is 6.11. The first-order valence-electron chi connectivity index (χ1n) is 5.05. The van der Waals surface area contributed by atoms with Gasteiger partial charge in [0.15, 0.2) is 0 Å². The third kappa shape index (κ3) is 4.08. The number of hydrogen-bond acceptors (Lipinski definition) is 0. The summed E-state index contributed by atoms with van der Waals surface area (Å²) in [5, 5.41) is 0. The van der Waals surface area contributed by atoms with E-state index in [2.05, 4.69) is 0 Å². The van der Waals surface area contributed by atoms with E-state index >= 15 is 0 Å². The van der Waals surface area contributed by atoms with E-state index in [1.165, 1.54) is 0 Å². The summed E-state index contributed by atoms with van der Waals surface area (Å²) in [6.45, 7) is 0. The molecule has 0 aliphatic rings. The normalized spacial score (nSPS) is 17.7. The maximum atomic E-state index is 12.9. The van der Waals surface area contributed by atoms with Gasteiger partial charge in [0.25, 0.3) is 0 Å². The van der Waals surface area contributed by atoms with Gasteiger partial charge in [-0.2, -0.15) is 0 Å². The average molecular weight is 485 g/mol. The van der Waals surface area contributed by atoms with E-state index in [9.17, 15) is 61.5 Å². The van der Waals surface area contributed by atoms with Crippen molar-refractivity contribution in [1.82, 2.24) is 0 Å². The van der Waals surface area contributed by atoms with Crippen molar-refractivity contribution in [1.29, 1.82) is 0 Å². The average Bonchev–Trinajstić information content (AvgIpc) is 2.37. The fraction of sp³-hybridized carbons (Fsp3) is 1.00. The second-order valence-corrected chi connectivity index (χ2v) is 7.83. The molecule has 0 aromatic rings. The quantitative estimate of drug-likeness (QED) is 0.355. The van der Waals surface area contributed by atoms with Crippen molar-refractivity contribution in [2.75, 3.05) is 0 Å². The second-order valence-electron chi connectivity index (χ2n) is 3.99. The summed E-state index contributed by atoms with van der Waals surface area (Å²) in [4.78, 5) is 0. The van der Waals surface area contributed by atoms with Gasteiger partial charge in [-0.3, -0.25) is 0 Å². The van der Waals surface area contributed by atoms with Gasteiger partial charge >= 0.3 is 128 Å². The number of halogens is 14. The minimum absolute atomic E-state index is 4.61. The Morgan fingerprint density at radius 2 is 0.652 bits per heavy atom. The zero-order valence-corrected chi connectivity index (χ0v) is 13.0. The SMILES string of the molecule is FC(F)C(F)(F)C(F)(F)[CH](F)[Sn][CH](F)C(F)(F)C(F)(F)C(F)F. The predicted molar refractivity (Wildman–Crippen MR) is 47.3 cm³/mol. The van der Waals surface area contributed by atoms with Gasteiger partial charge in [-0.1, -0.05) is 0 Å². The molecule has 0 N–H and O–H groups in total. The molecule has 0 nitrogen and oxygen atoms in total. The Bertz CT molecular complexity index is 356. The summed E-state index contributed by atoms with van der Waals surface area (Å²) >= 11 is -4.96. The van der Waals surface area contributed by atoms with E-state index in [0.717, 1.165) is 0 Å². The van der Waals surface area contributed by atoms with Crippen LogP contribution in [0.3, 0.4) is 0 Å². The molecule has 2 radical (unpaired) electrons. The molecule has 0 aliphatic carbocycles. The predicted octanol–water partition coefficient (Wildman–Crippen LogP) is 4.35. The van der Waals surface area contributed by atoms with Gasteiger partial charge in [0.2, 0.25) is 0 Å². The van der Waals surface area contributed by atoms with Gasteiger partial charge in [0.05, 0.1) is 0 Å². The van der Waals surface area contributed by atoms with E-state index < -0.39 is 66.1 Å². The van der Waals surface area contributed by atoms with Crippen LogP contribution in [0.15, 0.2) is 0 Å². The Labute approximate surface area is 128 Å². The fourth-order valence-electron chi connectivity index (χ4n) is 0.967. The molecule has 0 heterocycles. The van der Waals surface area contributed by atoms with Crippen LogP contribution in [0, 0.1) is 0 Å². The topological polar surface area (TPSA) is 0 Å². The van der Waals surface area contributed by atoms with Crippen molar-refractivity contribution in [3.63, 3.8) is 0 Å². The van der Waals surface area contributed by atoms with Gasteiger partial charge in [-0.05, 0) is 0 Å². The molecule has 0 bridgehead atoms. The number of hydrogen-bond donors (Lipinski definition) is 0. The molecule has 0 fully saturated rings. The van der Waals surface area contributed by atoms with Gasteiger partial charge in [0, 0.05) is 0 Å². The zero-order valence-electron chi connectivity index (χ0n) is 10.1. The minimum atomic E-state index is -6.40. The molecule has 0 aromatic heterocycles.